The van der Waals surface area contributed by atoms with E-state index in [4.69, 9.17) is 4.74 Å². The molecule has 0 unspecified atom stereocenters. The number of fused-ring (bicyclic) bond motifs is 1. The van der Waals surface area contributed by atoms with Gasteiger partial charge in [0.15, 0.2) is 5.70 Å². The van der Waals surface area contributed by atoms with Crippen molar-refractivity contribution in [2.24, 2.45) is 4.99 Å². The Morgan fingerprint density at radius 1 is 1.04 bits per heavy atom. The number of nitrogens with zero attached hydrogens (tertiary/aromatic N) is 2. The number of cyclic esters (lactones) is 1. The van der Waals surface area contributed by atoms with E-state index in [9.17, 15) is 14.9 Å². The fourth-order valence-electron chi connectivity index (χ4n) is 2.93. The van der Waals surface area contributed by atoms with Gasteiger partial charge in [-0.2, -0.15) is 0 Å². The summed E-state index contributed by atoms with van der Waals surface area (Å²) in [7, 11) is 0. The molecule has 0 atom stereocenters. The van der Waals surface area contributed by atoms with Crippen LogP contribution in [0.3, 0.4) is 0 Å². The second-order valence-corrected chi connectivity index (χ2v) is 6.20. The van der Waals surface area contributed by atoms with Gasteiger partial charge in [0.25, 0.3) is 5.69 Å². The van der Waals surface area contributed by atoms with Crippen molar-refractivity contribution in [2.45, 2.75) is 6.92 Å². The van der Waals surface area contributed by atoms with Gasteiger partial charge in [-0.05, 0) is 41.5 Å². The lowest BCUT2D eigenvalue weighted by Gasteiger charge is -2.02. The van der Waals surface area contributed by atoms with E-state index in [-0.39, 0.29) is 17.3 Å². The lowest BCUT2D eigenvalue weighted by Crippen LogP contribution is -2.05. The Morgan fingerprint density at radius 2 is 1.81 bits per heavy atom. The van der Waals surface area contributed by atoms with Crippen LogP contribution in [0.4, 0.5) is 5.69 Å². The number of carbonyl (C=O) groups excluding carboxylic acids is 1. The predicted octanol–water partition coefficient (Wildman–Crippen LogP) is 4.40. The predicted molar refractivity (Wildman–Crippen MR) is 102 cm³/mol. The van der Waals surface area contributed by atoms with Gasteiger partial charge >= 0.3 is 5.97 Å². The average molecular weight is 358 g/mol. The van der Waals surface area contributed by atoms with E-state index in [1.807, 2.05) is 42.5 Å². The van der Waals surface area contributed by atoms with Crippen molar-refractivity contribution in [3.05, 3.63) is 93.2 Å². The van der Waals surface area contributed by atoms with Crippen molar-refractivity contribution in [3.8, 4) is 0 Å². The van der Waals surface area contributed by atoms with Crippen LogP contribution < -0.4 is 0 Å². The molecular formula is C21H14N2O4. The fraction of sp³-hybridized carbons (Fsp3) is 0.0476. The molecule has 1 aliphatic rings. The van der Waals surface area contributed by atoms with Crippen LogP contribution in [0.1, 0.15) is 16.7 Å². The average Bonchev–Trinajstić information content (AvgIpc) is 3.03. The van der Waals surface area contributed by atoms with Crippen molar-refractivity contribution in [1.82, 2.24) is 0 Å². The van der Waals surface area contributed by atoms with Gasteiger partial charge in [0, 0.05) is 17.2 Å². The molecule has 0 aromatic heterocycles. The van der Waals surface area contributed by atoms with Crippen LogP contribution in [-0.4, -0.2) is 16.8 Å². The maximum absolute atomic E-state index is 12.2. The topological polar surface area (TPSA) is 81.8 Å². The highest BCUT2D eigenvalue weighted by molar-refractivity contribution is 6.13. The van der Waals surface area contributed by atoms with Gasteiger partial charge in [-0.3, -0.25) is 10.1 Å². The number of nitro benzene ring substituents is 1. The molecule has 3 aromatic carbocycles. The molecule has 0 saturated carbocycles. The zero-order valence-electron chi connectivity index (χ0n) is 14.4. The number of hydrogen-bond acceptors (Lipinski definition) is 5. The Morgan fingerprint density at radius 3 is 2.59 bits per heavy atom. The van der Waals surface area contributed by atoms with Crippen molar-refractivity contribution in [3.63, 3.8) is 0 Å². The van der Waals surface area contributed by atoms with Crippen LogP contribution >= 0.6 is 0 Å². The van der Waals surface area contributed by atoms with Crippen LogP contribution in [0.25, 0.3) is 16.8 Å². The zero-order valence-corrected chi connectivity index (χ0v) is 14.4. The first-order valence-corrected chi connectivity index (χ1v) is 8.28. The first-order chi connectivity index (χ1) is 13.0. The highest BCUT2D eigenvalue weighted by Crippen LogP contribution is 2.24. The number of aliphatic imine (C=N–C) groups is 1. The van der Waals surface area contributed by atoms with E-state index in [0.29, 0.717) is 16.7 Å². The molecule has 6 nitrogen and oxygen atoms in total. The molecular weight excluding hydrogens is 344 g/mol. The maximum atomic E-state index is 12.2. The van der Waals surface area contributed by atoms with E-state index in [0.717, 1.165) is 10.8 Å². The quantitative estimate of drug-likeness (QED) is 0.301. The second kappa shape index (κ2) is 6.49. The maximum Gasteiger partial charge on any atom is 0.363 e. The third kappa shape index (κ3) is 3.20. The summed E-state index contributed by atoms with van der Waals surface area (Å²) in [6, 6.07) is 18.3. The number of rotatable bonds is 3. The largest absolute Gasteiger partial charge is 0.402 e. The lowest BCUT2D eigenvalue weighted by atomic mass is 10.1. The molecule has 27 heavy (non-hydrogen) atoms. The molecule has 1 heterocycles. The summed E-state index contributed by atoms with van der Waals surface area (Å²) in [5.41, 5.74) is 1.87. The highest BCUT2D eigenvalue weighted by atomic mass is 16.6. The number of hydrogen-bond donors (Lipinski definition) is 0. The Labute approximate surface area is 154 Å². The number of benzene rings is 3. The molecule has 132 valence electrons. The summed E-state index contributed by atoms with van der Waals surface area (Å²) in [5.74, 6) is -0.361. The molecule has 0 saturated heterocycles. The van der Waals surface area contributed by atoms with Gasteiger partial charge in [0.1, 0.15) is 0 Å². The van der Waals surface area contributed by atoms with Crippen LogP contribution in [0.2, 0.25) is 0 Å². The lowest BCUT2D eigenvalue weighted by molar-refractivity contribution is -0.385. The van der Waals surface area contributed by atoms with Gasteiger partial charge in [0.2, 0.25) is 5.90 Å². The van der Waals surface area contributed by atoms with Crippen molar-refractivity contribution in [1.29, 1.82) is 0 Å². The minimum atomic E-state index is -0.582. The summed E-state index contributed by atoms with van der Waals surface area (Å²) < 4.78 is 5.29. The SMILES string of the molecule is Cc1ccc(/C=C2/N=C(c3ccc4ccccc4c3)OC2=O)cc1[N+](=O)[O-]. The highest BCUT2D eigenvalue weighted by Gasteiger charge is 2.24. The normalized spacial score (nSPS) is 15.1. The number of nitro groups is 1. The Kier molecular flexibility index (Phi) is 4.01. The van der Waals surface area contributed by atoms with Crippen LogP contribution in [0, 0.1) is 17.0 Å². The van der Waals surface area contributed by atoms with Gasteiger partial charge in [-0.1, -0.05) is 42.5 Å². The third-order valence-electron chi connectivity index (χ3n) is 4.35. The van der Waals surface area contributed by atoms with Crippen molar-refractivity contribution in [2.75, 3.05) is 0 Å². The Bertz CT molecular complexity index is 1160. The minimum absolute atomic E-state index is 0.00514. The molecule has 0 spiro atoms. The summed E-state index contributed by atoms with van der Waals surface area (Å²) in [5, 5.41) is 13.2. The second-order valence-electron chi connectivity index (χ2n) is 6.20. The smallest absolute Gasteiger partial charge is 0.363 e. The third-order valence-corrected chi connectivity index (χ3v) is 4.35. The van der Waals surface area contributed by atoms with E-state index in [1.165, 1.54) is 12.1 Å². The molecule has 0 amide bonds. The van der Waals surface area contributed by atoms with E-state index < -0.39 is 10.9 Å². The molecule has 4 rings (SSSR count). The Hall–Kier alpha value is -3.80. The molecule has 3 aromatic rings. The minimum Gasteiger partial charge on any atom is -0.402 e. The van der Waals surface area contributed by atoms with Gasteiger partial charge in [0.05, 0.1) is 4.92 Å². The Balaban J connectivity index is 1.71. The van der Waals surface area contributed by atoms with E-state index in [2.05, 4.69) is 4.99 Å². The molecule has 0 aliphatic carbocycles. The van der Waals surface area contributed by atoms with E-state index in [1.54, 1.807) is 19.1 Å². The van der Waals surface area contributed by atoms with Crippen LogP contribution in [-0.2, 0) is 9.53 Å². The van der Waals surface area contributed by atoms with Crippen molar-refractivity contribution < 1.29 is 14.5 Å². The standard InChI is InChI=1S/C21H14N2O4/c1-13-6-7-14(11-19(13)23(25)26)10-18-21(24)27-20(22-18)17-9-8-15-4-2-3-5-16(15)12-17/h2-12H,1H3/b18-10+. The van der Waals surface area contributed by atoms with Crippen molar-refractivity contribution >= 4 is 34.4 Å². The molecule has 0 N–H and O–H groups in total. The number of carbonyl (C=O) groups is 1. The summed E-state index contributed by atoms with van der Waals surface area (Å²) >= 11 is 0. The molecule has 6 heteroatoms. The van der Waals surface area contributed by atoms with Crippen LogP contribution in [0.5, 0.6) is 0 Å². The van der Waals surface area contributed by atoms with Crippen LogP contribution in [0.15, 0.2) is 71.4 Å². The molecule has 0 radical (unpaired) electrons. The summed E-state index contributed by atoms with van der Waals surface area (Å²) in [6.07, 6.45) is 1.49. The van der Waals surface area contributed by atoms with Gasteiger partial charge in [-0.15, -0.1) is 0 Å². The van der Waals surface area contributed by atoms with Gasteiger partial charge in [-0.25, -0.2) is 9.79 Å². The number of aryl methyl sites for hydroxylation is 1. The first kappa shape index (κ1) is 16.7. The fourth-order valence-corrected chi connectivity index (χ4v) is 2.93. The van der Waals surface area contributed by atoms with E-state index >= 15 is 0 Å². The zero-order chi connectivity index (χ0) is 19.0. The number of ether oxygens (including phenoxy) is 1. The number of esters is 1. The molecule has 0 bridgehead atoms. The van der Waals surface area contributed by atoms with Gasteiger partial charge < -0.3 is 4.74 Å². The summed E-state index contributed by atoms with van der Waals surface area (Å²) in [4.78, 5) is 27.1. The first-order valence-electron chi connectivity index (χ1n) is 8.28. The monoisotopic (exact) mass is 358 g/mol. The molecule has 0 fully saturated rings. The molecule has 1 aliphatic heterocycles. The summed E-state index contributed by atoms with van der Waals surface area (Å²) in [6.45, 7) is 1.66.